The van der Waals surface area contributed by atoms with Crippen LogP contribution in [0.1, 0.15) is 25.7 Å². The molecule has 0 aromatic heterocycles. The molecular weight excluding hydrogens is 142 g/mol. The fourth-order valence-corrected chi connectivity index (χ4v) is 1.48. The van der Waals surface area contributed by atoms with E-state index >= 15 is 0 Å². The molecule has 0 saturated heterocycles. The van der Waals surface area contributed by atoms with Gasteiger partial charge in [0.15, 0.2) is 0 Å². The third-order valence-electron chi connectivity index (χ3n) is 2.21. The molecule has 0 unspecified atom stereocenters. The van der Waals surface area contributed by atoms with Crippen LogP contribution in [-0.2, 0) is 9.53 Å². The first kappa shape index (κ1) is 8.44. The number of hydrogen-bond donors (Lipinski definition) is 0. The second-order valence-corrected chi connectivity index (χ2v) is 2.89. The van der Waals surface area contributed by atoms with Crippen molar-refractivity contribution < 1.29 is 9.53 Å². The first-order chi connectivity index (χ1) is 5.36. The lowest BCUT2D eigenvalue weighted by atomic mass is 9.93. The van der Waals surface area contributed by atoms with Gasteiger partial charge in [-0.25, -0.2) is 9.79 Å². The quantitative estimate of drug-likeness (QED) is 0.445. The minimum absolute atomic E-state index is 0.207. The molecule has 0 spiro atoms. The molecule has 0 aromatic carbocycles. The molecule has 62 valence electrons. The zero-order valence-corrected chi connectivity index (χ0v) is 6.75. The average Bonchev–Trinajstić information content (AvgIpc) is 2.07. The molecule has 11 heavy (non-hydrogen) atoms. The summed E-state index contributed by atoms with van der Waals surface area (Å²) in [4.78, 5) is 13.6. The molecule has 0 N–H and O–H groups in total. The minimum atomic E-state index is 0.207. The topological polar surface area (TPSA) is 38.7 Å². The van der Waals surface area contributed by atoms with Gasteiger partial charge in [0.25, 0.3) is 0 Å². The Bertz CT molecular complexity index is 155. The Morgan fingerprint density at radius 1 is 1.36 bits per heavy atom. The third-order valence-corrected chi connectivity index (χ3v) is 2.21. The Kier molecular flexibility index (Phi) is 3.27. The molecule has 1 fully saturated rings. The zero-order chi connectivity index (χ0) is 8.10. The monoisotopic (exact) mass is 155 g/mol. The number of isocyanates is 1. The van der Waals surface area contributed by atoms with Crippen molar-refractivity contribution in [2.45, 2.75) is 37.8 Å². The average molecular weight is 155 g/mol. The van der Waals surface area contributed by atoms with E-state index in [1.165, 1.54) is 0 Å². The summed E-state index contributed by atoms with van der Waals surface area (Å²) in [7, 11) is 1.73. The first-order valence-corrected chi connectivity index (χ1v) is 3.96. The minimum Gasteiger partial charge on any atom is -0.381 e. The van der Waals surface area contributed by atoms with Gasteiger partial charge >= 0.3 is 0 Å². The van der Waals surface area contributed by atoms with Crippen molar-refractivity contribution in [1.82, 2.24) is 0 Å². The molecule has 1 aliphatic rings. The lowest BCUT2D eigenvalue weighted by Crippen LogP contribution is -2.22. The van der Waals surface area contributed by atoms with E-state index in [-0.39, 0.29) is 6.04 Å². The number of methoxy groups -OCH3 is 1. The fraction of sp³-hybridized carbons (Fsp3) is 0.875. The van der Waals surface area contributed by atoms with Gasteiger partial charge in [-0.2, -0.15) is 0 Å². The smallest absolute Gasteiger partial charge is 0.235 e. The highest BCUT2D eigenvalue weighted by Crippen LogP contribution is 2.22. The van der Waals surface area contributed by atoms with Gasteiger partial charge in [0.2, 0.25) is 6.08 Å². The zero-order valence-electron chi connectivity index (χ0n) is 6.75. The van der Waals surface area contributed by atoms with Gasteiger partial charge in [-0.1, -0.05) is 0 Å². The van der Waals surface area contributed by atoms with Crippen molar-refractivity contribution in [2.24, 2.45) is 4.99 Å². The summed E-state index contributed by atoms with van der Waals surface area (Å²) in [6.07, 6.45) is 5.96. The first-order valence-electron chi connectivity index (χ1n) is 3.96. The Morgan fingerprint density at radius 3 is 2.45 bits per heavy atom. The largest absolute Gasteiger partial charge is 0.381 e. The van der Waals surface area contributed by atoms with Gasteiger partial charge < -0.3 is 4.74 Å². The van der Waals surface area contributed by atoms with Gasteiger partial charge in [-0.3, -0.25) is 0 Å². The van der Waals surface area contributed by atoms with Crippen molar-refractivity contribution in [2.75, 3.05) is 7.11 Å². The van der Waals surface area contributed by atoms with Crippen LogP contribution < -0.4 is 0 Å². The van der Waals surface area contributed by atoms with Crippen LogP contribution in [-0.4, -0.2) is 25.3 Å². The summed E-state index contributed by atoms with van der Waals surface area (Å²) in [6, 6.07) is 0.207. The molecule has 3 heteroatoms. The van der Waals surface area contributed by atoms with Crippen LogP contribution in [0.3, 0.4) is 0 Å². The van der Waals surface area contributed by atoms with E-state index in [1.54, 1.807) is 13.2 Å². The van der Waals surface area contributed by atoms with Gasteiger partial charge in [-0.05, 0) is 25.7 Å². The molecule has 0 aromatic rings. The summed E-state index contributed by atoms with van der Waals surface area (Å²) in [6.45, 7) is 0. The van der Waals surface area contributed by atoms with Crippen LogP contribution in [0.5, 0.6) is 0 Å². The van der Waals surface area contributed by atoms with Crippen LogP contribution in [0, 0.1) is 0 Å². The van der Waals surface area contributed by atoms with Crippen LogP contribution in [0.25, 0.3) is 0 Å². The van der Waals surface area contributed by atoms with Crippen LogP contribution in [0.2, 0.25) is 0 Å². The Balaban J connectivity index is 2.29. The van der Waals surface area contributed by atoms with Crippen molar-refractivity contribution in [1.29, 1.82) is 0 Å². The molecule has 0 aliphatic heterocycles. The van der Waals surface area contributed by atoms with Crippen molar-refractivity contribution in [3.05, 3.63) is 0 Å². The van der Waals surface area contributed by atoms with E-state index in [0.717, 1.165) is 25.7 Å². The van der Waals surface area contributed by atoms with E-state index in [1.807, 2.05) is 0 Å². The molecule has 0 heterocycles. The van der Waals surface area contributed by atoms with Gasteiger partial charge in [0, 0.05) is 7.11 Å². The third kappa shape index (κ3) is 2.45. The molecule has 1 aliphatic carbocycles. The predicted molar refractivity (Wildman–Crippen MR) is 41.2 cm³/mol. The standard InChI is InChI=1S/C8H13NO2/c1-11-8-4-2-7(3-5-8)9-6-10/h7-8H,2-5H2,1H3/t7-,8+. The summed E-state index contributed by atoms with van der Waals surface area (Å²) in [5, 5.41) is 0. The number of ether oxygens (including phenoxy) is 1. The highest BCUT2D eigenvalue weighted by Gasteiger charge is 2.19. The highest BCUT2D eigenvalue weighted by atomic mass is 16.5. The maximum Gasteiger partial charge on any atom is 0.235 e. The number of aliphatic imine (C=N–C) groups is 1. The predicted octanol–water partition coefficient (Wildman–Crippen LogP) is 1.28. The maximum atomic E-state index is 9.90. The van der Waals surface area contributed by atoms with Gasteiger partial charge in [-0.15, -0.1) is 0 Å². The molecule has 0 atom stereocenters. The van der Waals surface area contributed by atoms with E-state index in [0.29, 0.717) is 6.10 Å². The molecule has 1 saturated carbocycles. The number of carbonyl (C=O) groups excluding carboxylic acids is 1. The fourth-order valence-electron chi connectivity index (χ4n) is 1.48. The number of hydrogen-bond acceptors (Lipinski definition) is 3. The van der Waals surface area contributed by atoms with Crippen LogP contribution in [0.15, 0.2) is 4.99 Å². The van der Waals surface area contributed by atoms with Crippen molar-refractivity contribution in [3.8, 4) is 0 Å². The van der Waals surface area contributed by atoms with E-state index in [2.05, 4.69) is 4.99 Å². The summed E-state index contributed by atoms with van der Waals surface area (Å²) < 4.78 is 5.18. The summed E-state index contributed by atoms with van der Waals surface area (Å²) >= 11 is 0. The van der Waals surface area contributed by atoms with E-state index < -0.39 is 0 Å². The van der Waals surface area contributed by atoms with Crippen LogP contribution >= 0.6 is 0 Å². The van der Waals surface area contributed by atoms with Crippen molar-refractivity contribution >= 4 is 6.08 Å². The molecule has 0 bridgehead atoms. The van der Waals surface area contributed by atoms with Gasteiger partial charge in [0.1, 0.15) is 0 Å². The summed E-state index contributed by atoms with van der Waals surface area (Å²) in [5.41, 5.74) is 0. The Labute approximate surface area is 66.5 Å². The van der Waals surface area contributed by atoms with Crippen LogP contribution in [0.4, 0.5) is 0 Å². The second-order valence-electron chi connectivity index (χ2n) is 2.89. The SMILES string of the molecule is CO[C@H]1CC[C@@H](N=C=O)CC1. The molecule has 3 nitrogen and oxygen atoms in total. The van der Waals surface area contributed by atoms with Gasteiger partial charge in [0.05, 0.1) is 12.1 Å². The summed E-state index contributed by atoms with van der Waals surface area (Å²) in [5.74, 6) is 0. The van der Waals surface area contributed by atoms with E-state index in [9.17, 15) is 4.79 Å². The molecule has 0 radical (unpaired) electrons. The Morgan fingerprint density at radius 2 is 2.00 bits per heavy atom. The molecule has 0 amide bonds. The molecular formula is C8H13NO2. The lowest BCUT2D eigenvalue weighted by molar-refractivity contribution is 0.0667. The molecule has 1 rings (SSSR count). The highest BCUT2D eigenvalue weighted by molar-refractivity contribution is 5.33. The second kappa shape index (κ2) is 4.27. The van der Waals surface area contributed by atoms with Crippen molar-refractivity contribution in [3.63, 3.8) is 0 Å². The lowest BCUT2D eigenvalue weighted by Gasteiger charge is -2.23. The maximum absolute atomic E-state index is 9.90. The normalized spacial score (nSPS) is 31.0. The Hall–Kier alpha value is -0.660. The van der Waals surface area contributed by atoms with E-state index in [4.69, 9.17) is 4.74 Å². The number of nitrogens with zero attached hydrogens (tertiary/aromatic N) is 1. The number of rotatable bonds is 2.